The van der Waals surface area contributed by atoms with Gasteiger partial charge in [0.05, 0.1) is 0 Å². The topological polar surface area (TPSA) is 55.9 Å². The molecule has 4 aliphatic rings. The van der Waals surface area contributed by atoms with Crippen molar-refractivity contribution in [3.05, 3.63) is 59.3 Å². The van der Waals surface area contributed by atoms with Gasteiger partial charge in [0, 0.05) is 63.8 Å². The Bertz CT molecular complexity index is 967. The van der Waals surface area contributed by atoms with Gasteiger partial charge in [-0.1, -0.05) is 36.4 Å². The number of rotatable bonds is 6. The molecule has 3 aliphatic heterocycles. The number of nitrogens with zero attached hydrogens (tertiary/aromatic N) is 3. The number of amides is 2. The summed E-state index contributed by atoms with van der Waals surface area (Å²) in [5.41, 5.74) is 4.18. The van der Waals surface area contributed by atoms with Crippen molar-refractivity contribution in [2.75, 3.05) is 45.8 Å². The van der Waals surface area contributed by atoms with Crippen molar-refractivity contribution in [2.24, 2.45) is 11.8 Å². The van der Waals surface area contributed by atoms with Crippen molar-refractivity contribution in [1.82, 2.24) is 20.0 Å². The highest BCUT2D eigenvalue weighted by atomic mass is 16.2. The Morgan fingerprint density at radius 2 is 1.69 bits per heavy atom. The molecule has 3 heterocycles. The van der Waals surface area contributed by atoms with Gasteiger partial charge >= 0.3 is 0 Å². The highest BCUT2D eigenvalue weighted by molar-refractivity contribution is 5.80. The van der Waals surface area contributed by atoms with Crippen LogP contribution in [0.5, 0.6) is 0 Å². The second kappa shape index (κ2) is 11.6. The summed E-state index contributed by atoms with van der Waals surface area (Å²) in [5.74, 6) is 0.885. The maximum atomic E-state index is 13.5. The lowest BCUT2D eigenvalue weighted by atomic mass is 9.82. The fraction of sp³-hybridized carbons (Fsp3) is 0.600. The quantitative estimate of drug-likeness (QED) is 0.664. The van der Waals surface area contributed by atoms with E-state index in [0.717, 1.165) is 90.8 Å². The minimum atomic E-state index is 0.0428. The first-order chi connectivity index (χ1) is 17.6. The summed E-state index contributed by atoms with van der Waals surface area (Å²) in [6.07, 6.45) is 13.7. The van der Waals surface area contributed by atoms with Crippen LogP contribution >= 0.6 is 0 Å². The van der Waals surface area contributed by atoms with Crippen molar-refractivity contribution in [1.29, 1.82) is 0 Å². The van der Waals surface area contributed by atoms with E-state index in [1.54, 1.807) is 6.92 Å². The number of hydrogen-bond acceptors (Lipinski definition) is 4. The number of allylic oxidation sites excluding steroid dienone is 4. The van der Waals surface area contributed by atoms with Gasteiger partial charge in [0.25, 0.3) is 0 Å². The van der Waals surface area contributed by atoms with Gasteiger partial charge in [-0.25, -0.2) is 0 Å². The van der Waals surface area contributed by atoms with Crippen molar-refractivity contribution in [2.45, 2.75) is 57.9 Å². The van der Waals surface area contributed by atoms with E-state index >= 15 is 0 Å². The van der Waals surface area contributed by atoms with Crippen LogP contribution in [0.15, 0.2) is 48.2 Å². The highest BCUT2D eigenvalue weighted by Gasteiger charge is 2.36. The standard InChI is InChI=1S/C30H42N4O2/c1-23(35)33-20-13-27(14-21-33)31-28-9-4-8-26-12-19-34(30(36)29(26)22-28)16-5-15-32-17-10-24-6-2-3-7-25(24)11-18-32/h2-4,6-9,26-27,29,31H,5,10-22H2,1H3. The molecular weight excluding hydrogens is 448 g/mol. The van der Waals surface area contributed by atoms with Crippen molar-refractivity contribution in [3.63, 3.8) is 0 Å². The zero-order valence-corrected chi connectivity index (χ0v) is 21.8. The molecule has 2 amide bonds. The van der Waals surface area contributed by atoms with Crippen molar-refractivity contribution >= 4 is 11.8 Å². The van der Waals surface area contributed by atoms with Crippen LogP contribution in [0.25, 0.3) is 0 Å². The number of carbonyl (C=O) groups is 2. The molecule has 1 N–H and O–H groups in total. The summed E-state index contributed by atoms with van der Waals surface area (Å²) >= 11 is 0. The molecule has 0 spiro atoms. The Kier molecular flexibility index (Phi) is 8.10. The van der Waals surface area contributed by atoms with Crippen LogP contribution in [0, 0.1) is 11.8 Å². The van der Waals surface area contributed by atoms with Gasteiger partial charge < -0.3 is 20.0 Å². The molecule has 2 unspecified atom stereocenters. The van der Waals surface area contributed by atoms with Gasteiger partial charge in [0.1, 0.15) is 0 Å². The summed E-state index contributed by atoms with van der Waals surface area (Å²) in [5, 5.41) is 3.72. The summed E-state index contributed by atoms with van der Waals surface area (Å²) in [6.45, 7) is 8.33. The van der Waals surface area contributed by atoms with Gasteiger partial charge in [-0.05, 0) is 74.6 Å². The van der Waals surface area contributed by atoms with Crippen LogP contribution in [-0.4, -0.2) is 78.4 Å². The molecule has 1 aromatic rings. The molecule has 2 fully saturated rings. The number of likely N-dealkylation sites (tertiary alicyclic amines) is 2. The van der Waals surface area contributed by atoms with E-state index in [1.807, 2.05) is 4.90 Å². The second-order valence-corrected chi connectivity index (χ2v) is 11.1. The zero-order valence-electron chi connectivity index (χ0n) is 21.8. The van der Waals surface area contributed by atoms with Crippen LogP contribution < -0.4 is 5.32 Å². The SMILES string of the molecule is CC(=O)N1CCC(NC2=CC=CC3CCN(CCCN4CCc5ccccc5CC4)C(=O)C3C2)CC1. The van der Waals surface area contributed by atoms with Crippen LogP contribution in [0.2, 0.25) is 0 Å². The van der Waals surface area contributed by atoms with Gasteiger partial charge in [-0.3, -0.25) is 9.59 Å². The highest BCUT2D eigenvalue weighted by Crippen LogP contribution is 2.33. The van der Waals surface area contributed by atoms with Crippen molar-refractivity contribution < 1.29 is 9.59 Å². The largest absolute Gasteiger partial charge is 0.385 e. The minimum absolute atomic E-state index is 0.0428. The third-order valence-corrected chi connectivity index (χ3v) is 8.72. The molecule has 5 rings (SSSR count). The third-order valence-electron chi connectivity index (χ3n) is 8.72. The Hall–Kier alpha value is -2.60. The van der Waals surface area contributed by atoms with E-state index < -0.39 is 0 Å². The fourth-order valence-corrected chi connectivity index (χ4v) is 6.48. The molecule has 6 heteroatoms. The normalized spacial score (nSPS) is 25.5. The Labute approximate surface area is 216 Å². The molecule has 194 valence electrons. The van der Waals surface area contributed by atoms with E-state index in [4.69, 9.17) is 0 Å². The first-order valence-corrected chi connectivity index (χ1v) is 14.0. The molecule has 1 aromatic carbocycles. The van der Waals surface area contributed by atoms with Crippen LogP contribution in [0.4, 0.5) is 0 Å². The van der Waals surface area contributed by atoms with Crippen LogP contribution in [0.3, 0.4) is 0 Å². The zero-order chi connectivity index (χ0) is 24.9. The predicted molar refractivity (Wildman–Crippen MR) is 143 cm³/mol. The fourth-order valence-electron chi connectivity index (χ4n) is 6.48. The smallest absolute Gasteiger partial charge is 0.226 e. The number of benzene rings is 1. The van der Waals surface area contributed by atoms with E-state index in [1.165, 1.54) is 16.8 Å². The van der Waals surface area contributed by atoms with Crippen LogP contribution in [-0.2, 0) is 22.4 Å². The maximum absolute atomic E-state index is 13.5. The lowest BCUT2D eigenvalue weighted by Crippen LogP contribution is -2.47. The van der Waals surface area contributed by atoms with Gasteiger partial charge in [-0.2, -0.15) is 0 Å². The first-order valence-electron chi connectivity index (χ1n) is 14.0. The summed E-state index contributed by atoms with van der Waals surface area (Å²) < 4.78 is 0. The Morgan fingerprint density at radius 1 is 0.972 bits per heavy atom. The molecule has 0 aromatic heterocycles. The lowest BCUT2D eigenvalue weighted by molar-refractivity contribution is -0.140. The molecule has 6 nitrogen and oxygen atoms in total. The second-order valence-electron chi connectivity index (χ2n) is 11.1. The van der Waals surface area contributed by atoms with Crippen LogP contribution in [0.1, 0.15) is 50.2 Å². The third kappa shape index (κ3) is 6.03. The monoisotopic (exact) mass is 490 g/mol. The number of fused-ring (bicyclic) bond motifs is 2. The minimum Gasteiger partial charge on any atom is -0.385 e. The number of carbonyl (C=O) groups excluding carboxylic acids is 2. The molecule has 2 atom stereocenters. The van der Waals surface area contributed by atoms with Gasteiger partial charge in [0.2, 0.25) is 11.8 Å². The van der Waals surface area contributed by atoms with E-state index in [2.05, 4.69) is 57.6 Å². The molecule has 2 saturated heterocycles. The maximum Gasteiger partial charge on any atom is 0.226 e. The van der Waals surface area contributed by atoms with E-state index in [-0.39, 0.29) is 11.8 Å². The van der Waals surface area contributed by atoms with Gasteiger partial charge in [0.15, 0.2) is 0 Å². The molecule has 0 bridgehead atoms. The molecule has 0 saturated carbocycles. The average molecular weight is 491 g/mol. The Balaban J connectivity index is 1.09. The van der Waals surface area contributed by atoms with Crippen molar-refractivity contribution in [3.8, 4) is 0 Å². The molecular formula is C30H42N4O2. The van der Waals surface area contributed by atoms with Gasteiger partial charge in [-0.15, -0.1) is 0 Å². The summed E-state index contributed by atoms with van der Waals surface area (Å²) in [4.78, 5) is 31.8. The predicted octanol–water partition coefficient (Wildman–Crippen LogP) is 3.39. The Morgan fingerprint density at radius 3 is 2.39 bits per heavy atom. The molecule has 1 aliphatic carbocycles. The number of hydrogen-bond donors (Lipinski definition) is 1. The lowest BCUT2D eigenvalue weighted by Gasteiger charge is -2.38. The molecule has 36 heavy (non-hydrogen) atoms. The van der Waals surface area contributed by atoms with E-state index in [9.17, 15) is 9.59 Å². The summed E-state index contributed by atoms with van der Waals surface area (Å²) in [7, 11) is 0. The first kappa shape index (κ1) is 25.1. The molecule has 0 radical (unpaired) electrons. The summed E-state index contributed by atoms with van der Waals surface area (Å²) in [6, 6.07) is 9.23. The van der Waals surface area contributed by atoms with E-state index in [0.29, 0.717) is 17.9 Å². The average Bonchev–Trinajstić information content (AvgIpc) is 3.22. The number of nitrogens with one attached hydrogen (secondary N) is 1. The number of piperidine rings is 2.